The number of fused-ring (bicyclic) bond motifs is 5. The van der Waals surface area contributed by atoms with Gasteiger partial charge in [-0.2, -0.15) is 0 Å². The van der Waals surface area contributed by atoms with Crippen LogP contribution in [0.2, 0.25) is 0 Å². The maximum Gasteiger partial charge on any atom is 0.335 e. The van der Waals surface area contributed by atoms with Crippen LogP contribution in [-0.2, 0) is 13.1 Å². The summed E-state index contributed by atoms with van der Waals surface area (Å²) < 4.78 is 8.88. The lowest BCUT2D eigenvalue weighted by Crippen LogP contribution is -2.11. The van der Waals surface area contributed by atoms with Crippen LogP contribution in [0.4, 0.5) is 0 Å². The summed E-state index contributed by atoms with van der Waals surface area (Å²) in [5.74, 6) is 0.520. The van der Waals surface area contributed by atoms with E-state index in [-0.39, 0.29) is 0 Å². The topological polar surface area (TPSA) is 54.7 Å². The van der Waals surface area contributed by atoms with Crippen molar-refractivity contribution in [2.75, 3.05) is 20.7 Å². The van der Waals surface area contributed by atoms with Crippen LogP contribution < -0.4 is 4.74 Å². The van der Waals surface area contributed by atoms with Crippen LogP contribution in [0.3, 0.4) is 0 Å². The van der Waals surface area contributed by atoms with Gasteiger partial charge in [-0.3, -0.25) is 0 Å². The third kappa shape index (κ3) is 4.21. The first kappa shape index (κ1) is 23.8. The monoisotopic (exact) mass is 494 g/mol. The Morgan fingerprint density at radius 2 is 1.73 bits per heavy atom. The number of aromatic nitrogens is 1. The molecular weight excluding hydrogens is 460 g/mol. The van der Waals surface area contributed by atoms with Gasteiger partial charge in [-0.05, 0) is 67.7 Å². The Morgan fingerprint density at radius 1 is 0.973 bits per heavy atom. The molecule has 1 N–H and O–H groups in total. The number of nitrogens with zero attached hydrogens (tertiary/aromatic N) is 2. The van der Waals surface area contributed by atoms with Crippen molar-refractivity contribution in [3.8, 4) is 28.1 Å². The Morgan fingerprint density at radius 3 is 2.51 bits per heavy atom. The molecule has 37 heavy (non-hydrogen) atoms. The molecule has 5 heteroatoms. The van der Waals surface area contributed by atoms with Crippen molar-refractivity contribution in [3.63, 3.8) is 0 Å². The van der Waals surface area contributed by atoms with Crippen LogP contribution in [0.5, 0.6) is 5.75 Å². The molecule has 3 aromatic carbocycles. The summed E-state index contributed by atoms with van der Waals surface area (Å²) in [4.78, 5) is 14.1. The lowest BCUT2D eigenvalue weighted by Gasteiger charge is -2.24. The molecule has 2 aliphatic rings. The summed E-state index contributed by atoms with van der Waals surface area (Å²) in [7, 11) is 4.19. The molecule has 190 valence electrons. The predicted octanol–water partition coefficient (Wildman–Crippen LogP) is 7.18. The number of hydrogen-bond acceptors (Lipinski definition) is 3. The number of rotatable bonds is 5. The van der Waals surface area contributed by atoms with Crippen LogP contribution in [0.1, 0.15) is 59.5 Å². The molecule has 0 bridgehead atoms. The molecule has 6 rings (SSSR count). The van der Waals surface area contributed by atoms with Crippen molar-refractivity contribution in [3.05, 3.63) is 77.4 Å². The van der Waals surface area contributed by atoms with Crippen LogP contribution >= 0.6 is 0 Å². The van der Waals surface area contributed by atoms with Gasteiger partial charge in [0.2, 0.25) is 0 Å². The maximum absolute atomic E-state index is 11.9. The lowest BCUT2D eigenvalue weighted by molar-refractivity contribution is 0.0697. The number of benzene rings is 3. The van der Waals surface area contributed by atoms with Crippen molar-refractivity contribution in [2.24, 2.45) is 0 Å². The van der Waals surface area contributed by atoms with E-state index >= 15 is 0 Å². The molecule has 1 aromatic heterocycles. The van der Waals surface area contributed by atoms with Gasteiger partial charge in [-0.25, -0.2) is 4.79 Å². The Hall–Kier alpha value is -3.57. The Bertz CT molecular complexity index is 1480. The standard InChI is InChI=1S/C32H34N2O3/c1-33(2)20-23-11-6-7-12-24(23)25-13-8-14-27-30-29(21-9-4-3-5-10-21)26-16-15-22(32(35)36)19-28(26)34(30)17-18-37-31(25)27/h6-8,11-16,19,21H,3-5,9-10,17-18,20H2,1-2H3,(H,35,36). The SMILES string of the molecule is CN(C)Cc1ccccc1-c1cccc2c1OCCn1c-2c(C2CCCCC2)c2ccc(C(=O)O)cc21. The molecule has 5 nitrogen and oxygen atoms in total. The highest BCUT2D eigenvalue weighted by Crippen LogP contribution is 2.49. The molecule has 1 aliphatic carbocycles. The highest BCUT2D eigenvalue weighted by atomic mass is 16.5. The Balaban J connectivity index is 1.62. The van der Waals surface area contributed by atoms with E-state index in [1.807, 2.05) is 12.1 Å². The van der Waals surface area contributed by atoms with Gasteiger partial charge in [0.25, 0.3) is 0 Å². The van der Waals surface area contributed by atoms with Crippen molar-refractivity contribution in [2.45, 2.75) is 51.1 Å². The first-order valence-electron chi connectivity index (χ1n) is 13.4. The predicted molar refractivity (Wildman–Crippen MR) is 148 cm³/mol. The Kier molecular flexibility index (Phi) is 6.25. The minimum atomic E-state index is -0.887. The quantitative estimate of drug-likeness (QED) is 0.319. The van der Waals surface area contributed by atoms with E-state index in [9.17, 15) is 9.90 Å². The highest BCUT2D eigenvalue weighted by molar-refractivity contribution is 5.99. The van der Waals surface area contributed by atoms with Gasteiger partial charge in [-0.15, -0.1) is 0 Å². The van der Waals surface area contributed by atoms with Crippen molar-refractivity contribution < 1.29 is 14.6 Å². The molecule has 1 fully saturated rings. The largest absolute Gasteiger partial charge is 0.490 e. The van der Waals surface area contributed by atoms with Crippen LogP contribution in [-0.4, -0.2) is 41.2 Å². The minimum absolute atomic E-state index is 0.333. The van der Waals surface area contributed by atoms with Crippen LogP contribution in [0.25, 0.3) is 33.3 Å². The van der Waals surface area contributed by atoms with E-state index in [4.69, 9.17) is 4.74 Å². The average Bonchev–Trinajstić information content (AvgIpc) is 3.10. The molecule has 1 saturated carbocycles. The summed E-state index contributed by atoms with van der Waals surface area (Å²) in [5, 5.41) is 10.9. The highest BCUT2D eigenvalue weighted by Gasteiger charge is 2.30. The van der Waals surface area contributed by atoms with Crippen LogP contribution in [0, 0.1) is 0 Å². The number of aromatic carboxylic acids is 1. The summed E-state index contributed by atoms with van der Waals surface area (Å²) in [5.41, 5.74) is 8.63. The summed E-state index contributed by atoms with van der Waals surface area (Å²) >= 11 is 0. The van der Waals surface area contributed by atoms with Crippen molar-refractivity contribution in [1.82, 2.24) is 9.47 Å². The zero-order valence-corrected chi connectivity index (χ0v) is 21.7. The van der Waals surface area contributed by atoms with Gasteiger partial charge >= 0.3 is 5.97 Å². The van der Waals surface area contributed by atoms with Crippen molar-refractivity contribution in [1.29, 1.82) is 0 Å². The van der Waals surface area contributed by atoms with Crippen LogP contribution in [0.15, 0.2) is 60.7 Å². The first-order valence-corrected chi connectivity index (χ1v) is 13.4. The first-order chi connectivity index (χ1) is 18.0. The van der Waals surface area contributed by atoms with Gasteiger partial charge < -0.3 is 19.3 Å². The zero-order valence-electron chi connectivity index (χ0n) is 21.7. The average molecular weight is 495 g/mol. The van der Waals surface area contributed by atoms with E-state index in [1.165, 1.54) is 59.9 Å². The molecule has 0 amide bonds. The van der Waals surface area contributed by atoms with E-state index < -0.39 is 5.97 Å². The fourth-order valence-electron chi connectivity index (χ4n) is 6.43. The zero-order chi connectivity index (χ0) is 25.5. The number of carboxylic acids is 1. The molecule has 0 unspecified atom stereocenters. The van der Waals surface area contributed by atoms with E-state index in [0.29, 0.717) is 24.6 Å². The summed E-state index contributed by atoms with van der Waals surface area (Å²) in [6, 6.07) is 20.8. The smallest absolute Gasteiger partial charge is 0.335 e. The van der Waals surface area contributed by atoms with Gasteiger partial charge in [0.1, 0.15) is 12.4 Å². The lowest BCUT2D eigenvalue weighted by atomic mass is 9.81. The fraction of sp³-hybridized carbons (Fsp3) is 0.344. The fourth-order valence-corrected chi connectivity index (χ4v) is 6.43. The molecule has 4 aromatic rings. The normalized spacial score (nSPS) is 15.8. The molecule has 0 saturated heterocycles. The summed E-state index contributed by atoms with van der Waals surface area (Å²) in [6.45, 7) is 2.08. The van der Waals surface area contributed by atoms with Gasteiger partial charge in [-0.1, -0.05) is 61.7 Å². The van der Waals surface area contributed by atoms with E-state index in [0.717, 1.165) is 28.9 Å². The third-order valence-corrected chi connectivity index (χ3v) is 7.99. The second kappa shape index (κ2) is 9.71. The molecule has 1 aliphatic heterocycles. The number of carbonyl (C=O) groups is 1. The summed E-state index contributed by atoms with van der Waals surface area (Å²) in [6.07, 6.45) is 6.12. The molecule has 0 atom stereocenters. The number of ether oxygens (including phenoxy) is 1. The third-order valence-electron chi connectivity index (χ3n) is 7.99. The molecule has 2 heterocycles. The number of hydrogen-bond donors (Lipinski definition) is 1. The van der Waals surface area contributed by atoms with E-state index in [2.05, 4.69) is 66.0 Å². The van der Waals surface area contributed by atoms with Gasteiger partial charge in [0.15, 0.2) is 0 Å². The van der Waals surface area contributed by atoms with Gasteiger partial charge in [0, 0.05) is 28.6 Å². The maximum atomic E-state index is 11.9. The minimum Gasteiger partial charge on any atom is -0.490 e. The molecular formula is C32H34N2O3. The second-order valence-corrected chi connectivity index (χ2v) is 10.7. The second-order valence-electron chi connectivity index (χ2n) is 10.7. The Labute approximate surface area is 218 Å². The van der Waals surface area contributed by atoms with Gasteiger partial charge in [0.05, 0.1) is 17.8 Å². The van der Waals surface area contributed by atoms with E-state index in [1.54, 1.807) is 6.07 Å². The van der Waals surface area contributed by atoms with Crippen molar-refractivity contribution >= 4 is 16.9 Å². The molecule has 0 spiro atoms. The number of carboxylic acid groups (broad SMARTS) is 1. The molecule has 0 radical (unpaired) electrons. The number of para-hydroxylation sites is 1.